The van der Waals surface area contributed by atoms with E-state index in [9.17, 15) is 9.18 Å². The molecule has 0 bridgehead atoms. The number of amides is 1. The first-order valence-electron chi connectivity index (χ1n) is 9.40. The molecule has 0 radical (unpaired) electrons. The summed E-state index contributed by atoms with van der Waals surface area (Å²) in [5.41, 5.74) is 3.59. The standard InChI is InChI=1S/C22H22FN3O2/c1-26-20-7-4-6-19(18(20)13-24-26)25-22(27)17-5-2-3-8-21(17)28-14-15-9-11-16(23)12-10-15/h2-3,5,8-13,19H,4,6-7,14H2,1H3,(H,25,27). The number of para-hydroxylation sites is 1. The third kappa shape index (κ3) is 3.76. The number of nitrogens with one attached hydrogen (secondary N) is 1. The second kappa shape index (κ2) is 7.84. The zero-order valence-electron chi connectivity index (χ0n) is 15.7. The number of hydrogen-bond donors (Lipinski definition) is 1. The van der Waals surface area contributed by atoms with Crippen LogP contribution in [0.4, 0.5) is 4.39 Å². The van der Waals surface area contributed by atoms with Gasteiger partial charge in [-0.2, -0.15) is 5.10 Å². The molecule has 4 rings (SSSR count). The fourth-order valence-electron chi connectivity index (χ4n) is 3.61. The number of carbonyl (C=O) groups excluding carboxylic acids is 1. The minimum absolute atomic E-state index is 0.0462. The Kier molecular flexibility index (Phi) is 5.10. The first-order chi connectivity index (χ1) is 13.6. The molecular weight excluding hydrogens is 357 g/mol. The van der Waals surface area contributed by atoms with Crippen LogP contribution in [0.5, 0.6) is 5.75 Å². The van der Waals surface area contributed by atoms with Crippen LogP contribution in [0.1, 0.15) is 46.1 Å². The molecule has 28 heavy (non-hydrogen) atoms. The van der Waals surface area contributed by atoms with Crippen molar-refractivity contribution in [2.24, 2.45) is 7.05 Å². The Morgan fingerprint density at radius 1 is 1.25 bits per heavy atom. The molecule has 0 fully saturated rings. The highest BCUT2D eigenvalue weighted by Gasteiger charge is 2.26. The molecule has 1 aromatic heterocycles. The molecule has 1 heterocycles. The number of hydrogen-bond acceptors (Lipinski definition) is 3. The second-order valence-corrected chi connectivity index (χ2v) is 7.00. The van der Waals surface area contributed by atoms with Gasteiger partial charge in [0.2, 0.25) is 0 Å². The van der Waals surface area contributed by atoms with Gasteiger partial charge in [0, 0.05) is 18.3 Å². The van der Waals surface area contributed by atoms with Crippen molar-refractivity contribution < 1.29 is 13.9 Å². The Balaban J connectivity index is 1.48. The van der Waals surface area contributed by atoms with Gasteiger partial charge in [-0.15, -0.1) is 0 Å². The number of halogens is 1. The molecule has 1 amide bonds. The average molecular weight is 379 g/mol. The van der Waals surface area contributed by atoms with E-state index in [2.05, 4.69) is 10.4 Å². The van der Waals surface area contributed by atoms with Gasteiger partial charge in [0.15, 0.2) is 0 Å². The minimum Gasteiger partial charge on any atom is -0.488 e. The van der Waals surface area contributed by atoms with Crippen LogP contribution in [-0.4, -0.2) is 15.7 Å². The normalized spacial score (nSPS) is 15.7. The number of ether oxygens (including phenoxy) is 1. The van der Waals surface area contributed by atoms with Crippen molar-refractivity contribution in [3.63, 3.8) is 0 Å². The van der Waals surface area contributed by atoms with Crippen LogP contribution >= 0.6 is 0 Å². The first kappa shape index (κ1) is 18.2. The molecule has 0 saturated carbocycles. The van der Waals surface area contributed by atoms with Crippen LogP contribution in [0, 0.1) is 5.82 Å². The highest BCUT2D eigenvalue weighted by Crippen LogP contribution is 2.30. The second-order valence-electron chi connectivity index (χ2n) is 7.00. The van der Waals surface area contributed by atoms with Crippen molar-refractivity contribution in [2.75, 3.05) is 0 Å². The van der Waals surface area contributed by atoms with Crippen molar-refractivity contribution in [1.82, 2.24) is 15.1 Å². The van der Waals surface area contributed by atoms with Gasteiger partial charge >= 0.3 is 0 Å². The van der Waals surface area contributed by atoms with E-state index in [1.54, 1.807) is 24.3 Å². The smallest absolute Gasteiger partial charge is 0.255 e. The van der Waals surface area contributed by atoms with Crippen LogP contribution in [0.25, 0.3) is 0 Å². The van der Waals surface area contributed by atoms with Gasteiger partial charge in [0.25, 0.3) is 5.91 Å². The van der Waals surface area contributed by atoms with Crippen LogP contribution in [0.3, 0.4) is 0 Å². The SMILES string of the molecule is Cn1ncc2c1CCCC2NC(=O)c1ccccc1OCc1ccc(F)cc1. The van der Waals surface area contributed by atoms with E-state index in [0.717, 1.165) is 30.4 Å². The molecule has 1 atom stereocenters. The first-order valence-corrected chi connectivity index (χ1v) is 9.40. The summed E-state index contributed by atoms with van der Waals surface area (Å²) in [7, 11) is 1.93. The molecule has 2 aromatic carbocycles. The Hall–Kier alpha value is -3.15. The third-order valence-corrected chi connectivity index (χ3v) is 5.12. The predicted octanol–water partition coefficient (Wildman–Crippen LogP) is 3.95. The molecular formula is C22H22FN3O2. The predicted molar refractivity (Wildman–Crippen MR) is 104 cm³/mol. The lowest BCUT2D eigenvalue weighted by atomic mass is 9.92. The fourth-order valence-corrected chi connectivity index (χ4v) is 3.61. The maximum absolute atomic E-state index is 13.0. The Morgan fingerprint density at radius 2 is 2.04 bits per heavy atom. The van der Waals surface area contributed by atoms with E-state index < -0.39 is 0 Å². The lowest BCUT2D eigenvalue weighted by molar-refractivity contribution is 0.0928. The zero-order chi connectivity index (χ0) is 19.5. The molecule has 0 saturated heterocycles. The maximum Gasteiger partial charge on any atom is 0.255 e. The summed E-state index contributed by atoms with van der Waals surface area (Å²) in [6.45, 7) is 0.265. The molecule has 144 valence electrons. The van der Waals surface area contributed by atoms with Crippen molar-refractivity contribution in [3.8, 4) is 5.75 Å². The Morgan fingerprint density at radius 3 is 2.86 bits per heavy atom. The number of carbonyl (C=O) groups is 1. The van der Waals surface area contributed by atoms with E-state index in [1.807, 2.05) is 30.1 Å². The largest absolute Gasteiger partial charge is 0.488 e. The minimum atomic E-state index is -0.286. The van der Waals surface area contributed by atoms with Crippen molar-refractivity contribution >= 4 is 5.91 Å². The quantitative estimate of drug-likeness (QED) is 0.730. The molecule has 5 nitrogen and oxygen atoms in total. The number of aryl methyl sites for hydroxylation is 1. The maximum atomic E-state index is 13.0. The van der Waals surface area contributed by atoms with Gasteiger partial charge in [-0.1, -0.05) is 24.3 Å². The molecule has 1 aliphatic rings. The summed E-state index contributed by atoms with van der Waals surface area (Å²) in [6.07, 6.45) is 4.73. The number of benzene rings is 2. The summed E-state index contributed by atoms with van der Waals surface area (Å²) in [4.78, 5) is 12.9. The summed E-state index contributed by atoms with van der Waals surface area (Å²) in [6, 6.07) is 13.3. The molecule has 0 aliphatic heterocycles. The number of rotatable bonds is 5. The van der Waals surface area contributed by atoms with Gasteiger partial charge in [0.05, 0.1) is 17.8 Å². The highest BCUT2D eigenvalue weighted by molar-refractivity contribution is 5.97. The molecule has 3 aromatic rings. The lowest BCUT2D eigenvalue weighted by Crippen LogP contribution is -2.31. The van der Waals surface area contributed by atoms with E-state index in [1.165, 1.54) is 17.8 Å². The monoisotopic (exact) mass is 379 g/mol. The van der Waals surface area contributed by atoms with Gasteiger partial charge in [-0.25, -0.2) is 4.39 Å². The highest BCUT2D eigenvalue weighted by atomic mass is 19.1. The van der Waals surface area contributed by atoms with Crippen molar-refractivity contribution in [1.29, 1.82) is 0 Å². The van der Waals surface area contributed by atoms with Gasteiger partial charge < -0.3 is 10.1 Å². The molecule has 1 N–H and O–H groups in total. The zero-order valence-corrected chi connectivity index (χ0v) is 15.7. The van der Waals surface area contributed by atoms with E-state index in [4.69, 9.17) is 4.74 Å². The van der Waals surface area contributed by atoms with Crippen molar-refractivity contribution in [3.05, 3.63) is 82.9 Å². The van der Waals surface area contributed by atoms with E-state index >= 15 is 0 Å². The Labute approximate surface area is 163 Å². The van der Waals surface area contributed by atoms with Crippen molar-refractivity contribution in [2.45, 2.75) is 31.9 Å². The summed E-state index contributed by atoms with van der Waals surface area (Å²) < 4.78 is 20.8. The lowest BCUT2D eigenvalue weighted by Gasteiger charge is -2.24. The molecule has 6 heteroatoms. The average Bonchev–Trinajstić information content (AvgIpc) is 3.10. The molecule has 1 aliphatic carbocycles. The number of aromatic nitrogens is 2. The van der Waals surface area contributed by atoms with E-state index in [-0.39, 0.29) is 24.4 Å². The third-order valence-electron chi connectivity index (χ3n) is 5.12. The van der Waals surface area contributed by atoms with Gasteiger partial charge in [-0.3, -0.25) is 9.48 Å². The summed E-state index contributed by atoms with van der Waals surface area (Å²) in [5.74, 6) is 0.0498. The van der Waals surface area contributed by atoms with Gasteiger partial charge in [0.1, 0.15) is 18.2 Å². The fraction of sp³-hybridized carbons (Fsp3) is 0.273. The van der Waals surface area contributed by atoms with Crippen LogP contribution in [-0.2, 0) is 20.1 Å². The molecule has 0 spiro atoms. The summed E-state index contributed by atoms with van der Waals surface area (Å²) in [5, 5.41) is 7.46. The topological polar surface area (TPSA) is 56.2 Å². The number of nitrogens with zero attached hydrogens (tertiary/aromatic N) is 2. The Bertz CT molecular complexity index is 982. The number of fused-ring (bicyclic) bond motifs is 1. The molecule has 1 unspecified atom stereocenters. The summed E-state index contributed by atoms with van der Waals surface area (Å²) >= 11 is 0. The van der Waals surface area contributed by atoms with Gasteiger partial charge in [-0.05, 0) is 49.1 Å². The van der Waals surface area contributed by atoms with Crippen LogP contribution in [0.2, 0.25) is 0 Å². The van der Waals surface area contributed by atoms with Crippen LogP contribution in [0.15, 0.2) is 54.7 Å². The van der Waals surface area contributed by atoms with Crippen LogP contribution < -0.4 is 10.1 Å². The van der Waals surface area contributed by atoms with E-state index in [0.29, 0.717) is 11.3 Å².